The average Bonchev–Trinajstić information content (AvgIpc) is 2.42. The van der Waals surface area contributed by atoms with E-state index in [0.717, 1.165) is 18.6 Å². The molecular weight excluding hydrogens is 299 g/mol. The molecule has 1 amide bonds. The summed E-state index contributed by atoms with van der Waals surface area (Å²) in [7, 11) is 0. The number of aliphatic carboxylic acids is 1. The first-order chi connectivity index (χ1) is 10.2. The molecule has 0 saturated carbocycles. The number of nitrogens with one attached hydrogen (secondary N) is 1. The molecule has 4 nitrogen and oxygen atoms in total. The van der Waals surface area contributed by atoms with E-state index in [1.165, 1.54) is 12.1 Å². The molecule has 7 heteroatoms. The van der Waals surface area contributed by atoms with Gasteiger partial charge in [0.2, 0.25) is 5.91 Å². The van der Waals surface area contributed by atoms with E-state index < -0.39 is 29.7 Å². The minimum Gasteiger partial charge on any atom is -0.480 e. The van der Waals surface area contributed by atoms with Gasteiger partial charge in [-0.1, -0.05) is 31.9 Å². The van der Waals surface area contributed by atoms with E-state index in [2.05, 4.69) is 5.32 Å². The Morgan fingerprint density at radius 3 is 2.27 bits per heavy atom. The Balaban J connectivity index is 2.62. The van der Waals surface area contributed by atoms with Crippen molar-refractivity contribution in [3.05, 3.63) is 35.4 Å². The highest BCUT2D eigenvalue weighted by Gasteiger charge is 2.30. The SMILES string of the molecule is CCCC[C@@H](NC(=O)Cc1ccc(C(F)(F)F)cc1)C(=O)O. The first-order valence-electron chi connectivity index (χ1n) is 6.92. The number of carbonyl (C=O) groups excluding carboxylic acids is 1. The zero-order chi connectivity index (χ0) is 16.8. The largest absolute Gasteiger partial charge is 0.480 e. The quantitative estimate of drug-likeness (QED) is 0.812. The Hall–Kier alpha value is -2.05. The number of carboxylic acids is 1. The Morgan fingerprint density at radius 1 is 1.23 bits per heavy atom. The van der Waals surface area contributed by atoms with Crippen LogP contribution >= 0.6 is 0 Å². The van der Waals surface area contributed by atoms with Gasteiger partial charge in [0.1, 0.15) is 6.04 Å². The average molecular weight is 317 g/mol. The summed E-state index contributed by atoms with van der Waals surface area (Å²) in [6, 6.07) is 3.25. The van der Waals surface area contributed by atoms with Crippen molar-refractivity contribution in [3.63, 3.8) is 0 Å². The van der Waals surface area contributed by atoms with Crippen molar-refractivity contribution in [3.8, 4) is 0 Å². The van der Waals surface area contributed by atoms with Gasteiger partial charge in [-0.25, -0.2) is 4.79 Å². The van der Waals surface area contributed by atoms with Gasteiger partial charge >= 0.3 is 12.1 Å². The zero-order valence-corrected chi connectivity index (χ0v) is 12.1. The van der Waals surface area contributed by atoms with Gasteiger partial charge in [0.25, 0.3) is 0 Å². The lowest BCUT2D eigenvalue weighted by Gasteiger charge is -2.14. The fourth-order valence-corrected chi connectivity index (χ4v) is 1.91. The molecule has 1 aromatic carbocycles. The summed E-state index contributed by atoms with van der Waals surface area (Å²) in [5.74, 6) is -1.64. The number of hydrogen-bond donors (Lipinski definition) is 2. The molecule has 0 aliphatic heterocycles. The first kappa shape index (κ1) is 18.0. The predicted octanol–water partition coefficient (Wildman–Crippen LogP) is 3.01. The van der Waals surface area contributed by atoms with Crippen molar-refractivity contribution in [1.29, 1.82) is 0 Å². The van der Waals surface area contributed by atoms with Gasteiger partial charge in [-0.3, -0.25) is 4.79 Å². The van der Waals surface area contributed by atoms with E-state index in [4.69, 9.17) is 5.11 Å². The highest BCUT2D eigenvalue weighted by molar-refractivity contribution is 5.84. The van der Waals surface area contributed by atoms with Crippen molar-refractivity contribution < 1.29 is 27.9 Å². The molecule has 0 radical (unpaired) electrons. The molecule has 0 spiro atoms. The smallest absolute Gasteiger partial charge is 0.416 e. The second-order valence-corrected chi connectivity index (χ2v) is 4.97. The minimum atomic E-state index is -4.42. The summed E-state index contributed by atoms with van der Waals surface area (Å²) >= 11 is 0. The van der Waals surface area contributed by atoms with Crippen molar-refractivity contribution in [2.24, 2.45) is 0 Å². The van der Waals surface area contributed by atoms with E-state index >= 15 is 0 Å². The number of benzene rings is 1. The number of carboxylic acid groups (broad SMARTS) is 1. The summed E-state index contributed by atoms with van der Waals surface area (Å²) in [6.07, 6.45) is -2.79. The number of hydrogen-bond acceptors (Lipinski definition) is 2. The number of unbranched alkanes of at least 4 members (excludes halogenated alkanes) is 1. The molecular formula is C15H18F3NO3. The van der Waals surface area contributed by atoms with Crippen LogP contribution in [-0.2, 0) is 22.2 Å². The summed E-state index contributed by atoms with van der Waals surface area (Å²) < 4.78 is 37.3. The molecule has 22 heavy (non-hydrogen) atoms. The Bertz CT molecular complexity index is 512. The lowest BCUT2D eigenvalue weighted by Crippen LogP contribution is -2.41. The van der Waals surface area contributed by atoms with E-state index in [9.17, 15) is 22.8 Å². The third-order valence-corrected chi connectivity index (χ3v) is 3.13. The van der Waals surface area contributed by atoms with Gasteiger partial charge in [-0.15, -0.1) is 0 Å². The lowest BCUT2D eigenvalue weighted by atomic mass is 10.1. The number of carbonyl (C=O) groups is 2. The molecule has 0 aliphatic rings. The van der Waals surface area contributed by atoms with Crippen LogP contribution in [0.25, 0.3) is 0 Å². The van der Waals surface area contributed by atoms with Crippen LogP contribution in [0.4, 0.5) is 13.2 Å². The summed E-state index contributed by atoms with van der Waals surface area (Å²) in [5, 5.41) is 11.4. The lowest BCUT2D eigenvalue weighted by molar-refractivity contribution is -0.142. The summed E-state index contributed by atoms with van der Waals surface area (Å²) in [4.78, 5) is 22.8. The predicted molar refractivity (Wildman–Crippen MR) is 74.2 cm³/mol. The molecule has 1 aromatic rings. The van der Waals surface area contributed by atoms with Crippen LogP contribution < -0.4 is 5.32 Å². The van der Waals surface area contributed by atoms with Gasteiger partial charge < -0.3 is 10.4 Å². The number of amides is 1. The van der Waals surface area contributed by atoms with Gasteiger partial charge in [0.15, 0.2) is 0 Å². The topological polar surface area (TPSA) is 66.4 Å². The second-order valence-electron chi connectivity index (χ2n) is 4.97. The van der Waals surface area contributed by atoms with E-state index in [1.807, 2.05) is 6.92 Å². The van der Waals surface area contributed by atoms with Crippen LogP contribution in [0.1, 0.15) is 37.3 Å². The summed E-state index contributed by atoms with van der Waals surface area (Å²) in [5.41, 5.74) is -0.395. The fourth-order valence-electron chi connectivity index (χ4n) is 1.91. The van der Waals surface area contributed by atoms with Gasteiger partial charge in [0.05, 0.1) is 12.0 Å². The molecule has 1 atom stereocenters. The first-order valence-corrected chi connectivity index (χ1v) is 6.92. The molecule has 1 rings (SSSR count). The molecule has 0 aromatic heterocycles. The third kappa shape index (κ3) is 5.75. The van der Waals surface area contributed by atoms with Crippen LogP contribution in [0.2, 0.25) is 0 Å². The molecule has 122 valence electrons. The maximum atomic E-state index is 12.4. The highest BCUT2D eigenvalue weighted by Crippen LogP contribution is 2.29. The third-order valence-electron chi connectivity index (χ3n) is 3.13. The van der Waals surface area contributed by atoms with Crippen LogP contribution in [0.15, 0.2) is 24.3 Å². The standard InChI is InChI=1S/C15H18F3NO3/c1-2-3-4-12(14(21)22)19-13(20)9-10-5-7-11(8-6-10)15(16,17)18/h5-8,12H,2-4,9H2,1H3,(H,19,20)(H,21,22)/t12-/m1/s1. The van der Waals surface area contributed by atoms with Crippen molar-refractivity contribution in [2.45, 2.75) is 44.8 Å². The van der Waals surface area contributed by atoms with Crippen LogP contribution in [0.3, 0.4) is 0 Å². The Labute approximate surface area is 126 Å². The van der Waals surface area contributed by atoms with Gasteiger partial charge in [-0.2, -0.15) is 13.2 Å². The van der Waals surface area contributed by atoms with Crippen molar-refractivity contribution >= 4 is 11.9 Å². The number of halogens is 3. The monoisotopic (exact) mass is 317 g/mol. The fraction of sp³-hybridized carbons (Fsp3) is 0.467. The van der Waals surface area contributed by atoms with Crippen molar-refractivity contribution in [2.75, 3.05) is 0 Å². The molecule has 0 unspecified atom stereocenters. The Kier molecular flexibility index (Phi) is 6.39. The highest BCUT2D eigenvalue weighted by atomic mass is 19.4. The van der Waals surface area contributed by atoms with Crippen molar-refractivity contribution in [1.82, 2.24) is 5.32 Å². The zero-order valence-electron chi connectivity index (χ0n) is 12.1. The van der Waals surface area contributed by atoms with Crippen LogP contribution in [-0.4, -0.2) is 23.0 Å². The second kappa shape index (κ2) is 7.82. The number of alkyl halides is 3. The van der Waals surface area contributed by atoms with E-state index in [0.29, 0.717) is 18.4 Å². The van der Waals surface area contributed by atoms with Gasteiger partial charge in [-0.05, 0) is 24.1 Å². The molecule has 0 bridgehead atoms. The summed E-state index contributed by atoms with van der Waals surface area (Å²) in [6.45, 7) is 1.91. The molecule has 0 aliphatic carbocycles. The molecule has 2 N–H and O–H groups in total. The van der Waals surface area contributed by atoms with Crippen LogP contribution in [0, 0.1) is 0 Å². The molecule has 0 heterocycles. The normalized spacial score (nSPS) is 12.7. The van der Waals surface area contributed by atoms with Crippen LogP contribution in [0.5, 0.6) is 0 Å². The van der Waals surface area contributed by atoms with E-state index in [1.54, 1.807) is 0 Å². The number of rotatable bonds is 7. The maximum Gasteiger partial charge on any atom is 0.416 e. The molecule has 0 fully saturated rings. The Morgan fingerprint density at radius 2 is 1.82 bits per heavy atom. The van der Waals surface area contributed by atoms with E-state index in [-0.39, 0.29) is 6.42 Å². The minimum absolute atomic E-state index is 0.159. The maximum absolute atomic E-state index is 12.4. The van der Waals surface area contributed by atoms with Gasteiger partial charge in [0, 0.05) is 0 Å². The molecule has 0 saturated heterocycles.